The molecule has 11 heteroatoms. The molecule has 1 atom stereocenters. The summed E-state index contributed by atoms with van der Waals surface area (Å²) in [5.41, 5.74) is 3.48. The van der Waals surface area contributed by atoms with Crippen LogP contribution in [-0.2, 0) is 0 Å². The number of alkyl halides is 3. The summed E-state index contributed by atoms with van der Waals surface area (Å²) < 4.78 is 50.8. The number of carbonyl (C=O) groups is 1. The van der Waals surface area contributed by atoms with Gasteiger partial charge in [-0.25, -0.2) is 28.1 Å². The molecule has 33 heavy (non-hydrogen) atoms. The molecule has 2 aromatic heterocycles. The van der Waals surface area contributed by atoms with Crippen LogP contribution in [0.15, 0.2) is 55.4 Å². The van der Waals surface area contributed by atoms with Crippen LogP contribution in [0.1, 0.15) is 10.4 Å². The van der Waals surface area contributed by atoms with Crippen molar-refractivity contribution in [1.29, 1.82) is 0 Å². The van der Waals surface area contributed by atoms with Crippen LogP contribution in [0.5, 0.6) is 11.5 Å². The lowest BCUT2D eigenvalue weighted by atomic mass is 10.1. The highest BCUT2D eigenvalue weighted by molar-refractivity contribution is 6.00. The van der Waals surface area contributed by atoms with E-state index in [2.05, 4.69) is 15.0 Å². The first-order chi connectivity index (χ1) is 15.9. The molecule has 4 rings (SSSR count). The number of methoxy groups -OCH3 is 2. The van der Waals surface area contributed by atoms with Gasteiger partial charge in [0.05, 0.1) is 30.9 Å². The fraction of sp³-hybridized carbons (Fsp3) is 0.182. The number of rotatable bonds is 7. The van der Waals surface area contributed by atoms with Gasteiger partial charge >= 0.3 is 0 Å². The Morgan fingerprint density at radius 2 is 1.67 bits per heavy atom. The highest BCUT2D eigenvalue weighted by Gasteiger charge is 2.27. The van der Waals surface area contributed by atoms with E-state index in [4.69, 9.17) is 9.47 Å². The lowest BCUT2D eigenvalue weighted by Crippen LogP contribution is -2.36. The minimum Gasteiger partial charge on any atom is -0.496 e. The molecule has 0 aliphatic heterocycles. The monoisotopic (exact) mass is 457 g/mol. The molecule has 0 radical (unpaired) electrons. The van der Waals surface area contributed by atoms with E-state index in [-0.39, 0.29) is 17.1 Å². The number of halogens is 3. The van der Waals surface area contributed by atoms with Crippen molar-refractivity contribution in [2.45, 2.75) is 12.7 Å². The van der Waals surface area contributed by atoms with Gasteiger partial charge in [0.2, 0.25) is 6.30 Å². The van der Waals surface area contributed by atoms with Gasteiger partial charge in [0, 0.05) is 30.1 Å². The van der Waals surface area contributed by atoms with Gasteiger partial charge in [-0.1, -0.05) is 6.07 Å². The molecule has 170 valence electrons. The molecule has 1 unspecified atom stereocenters. The number of aromatic nitrogens is 4. The van der Waals surface area contributed by atoms with Gasteiger partial charge < -0.3 is 14.8 Å². The standard InChI is InChI=1S/C22H18F3N5O3/c1-32-17-6-14(7-18(33-2)19(17)22(31)29-21(25)20(23)24)30-11-28-15-5-12(3-4-16(15)30)13-8-26-10-27-9-13/h3-11,20-21H,1-2H3,(H,29,31). The molecule has 0 saturated carbocycles. The minimum absolute atomic E-state index is 0.0169. The topological polar surface area (TPSA) is 91.2 Å². The Labute approximate surface area is 186 Å². The molecule has 4 aromatic rings. The Morgan fingerprint density at radius 1 is 1.00 bits per heavy atom. The van der Waals surface area contributed by atoms with E-state index < -0.39 is 18.6 Å². The molecule has 2 aromatic carbocycles. The van der Waals surface area contributed by atoms with Gasteiger partial charge in [-0.15, -0.1) is 0 Å². The second-order valence-corrected chi connectivity index (χ2v) is 6.88. The van der Waals surface area contributed by atoms with Crippen molar-refractivity contribution in [3.63, 3.8) is 0 Å². The van der Waals surface area contributed by atoms with Crippen LogP contribution in [0.25, 0.3) is 27.8 Å². The summed E-state index contributed by atoms with van der Waals surface area (Å²) in [4.78, 5) is 24.9. The molecule has 0 bridgehead atoms. The van der Waals surface area contributed by atoms with Crippen molar-refractivity contribution < 1.29 is 27.4 Å². The zero-order valence-corrected chi connectivity index (χ0v) is 17.5. The summed E-state index contributed by atoms with van der Waals surface area (Å²) in [6, 6.07) is 8.65. The number of benzene rings is 2. The van der Waals surface area contributed by atoms with E-state index in [1.54, 1.807) is 28.6 Å². The number of hydrogen-bond donors (Lipinski definition) is 1. The third kappa shape index (κ3) is 4.29. The van der Waals surface area contributed by atoms with E-state index in [1.165, 1.54) is 32.7 Å². The van der Waals surface area contributed by atoms with Gasteiger partial charge in [0.25, 0.3) is 12.3 Å². The van der Waals surface area contributed by atoms with E-state index in [0.717, 1.165) is 16.6 Å². The number of fused-ring (bicyclic) bond motifs is 1. The van der Waals surface area contributed by atoms with Crippen LogP contribution in [0, 0.1) is 0 Å². The lowest BCUT2D eigenvalue weighted by Gasteiger charge is -2.17. The third-order valence-corrected chi connectivity index (χ3v) is 4.93. The average Bonchev–Trinajstić information content (AvgIpc) is 3.26. The lowest BCUT2D eigenvalue weighted by molar-refractivity contribution is 0.0285. The molecule has 1 N–H and O–H groups in total. The van der Waals surface area contributed by atoms with Crippen molar-refractivity contribution in [2.24, 2.45) is 0 Å². The molecule has 0 spiro atoms. The second-order valence-electron chi connectivity index (χ2n) is 6.88. The van der Waals surface area contributed by atoms with E-state index >= 15 is 0 Å². The number of nitrogens with one attached hydrogen (secondary N) is 1. The molecule has 0 fully saturated rings. The summed E-state index contributed by atoms with van der Waals surface area (Å²) in [5, 5.41) is 1.61. The number of ether oxygens (including phenoxy) is 2. The maximum Gasteiger partial charge on any atom is 0.287 e. The minimum atomic E-state index is -3.37. The molecule has 0 saturated heterocycles. The van der Waals surface area contributed by atoms with Crippen molar-refractivity contribution in [3.8, 4) is 28.3 Å². The largest absolute Gasteiger partial charge is 0.496 e. The number of hydrogen-bond acceptors (Lipinski definition) is 6. The maximum absolute atomic E-state index is 13.4. The summed E-state index contributed by atoms with van der Waals surface area (Å²) in [6.45, 7) is 0. The second kappa shape index (κ2) is 9.15. The molecular weight excluding hydrogens is 439 g/mol. The van der Waals surface area contributed by atoms with Gasteiger partial charge in [-0.3, -0.25) is 9.36 Å². The number of carbonyl (C=O) groups excluding carboxylic acids is 1. The Bertz CT molecular complexity index is 1270. The van der Waals surface area contributed by atoms with Gasteiger partial charge in [-0.2, -0.15) is 0 Å². The Hall–Kier alpha value is -4.15. The molecule has 1 amide bonds. The number of nitrogens with zero attached hydrogens (tertiary/aromatic N) is 4. The summed E-state index contributed by atoms with van der Waals surface area (Å²) in [5.74, 6) is -1.06. The Kier molecular flexibility index (Phi) is 6.11. The van der Waals surface area contributed by atoms with Crippen LogP contribution in [-0.4, -0.2) is 52.4 Å². The highest BCUT2D eigenvalue weighted by atomic mass is 19.3. The van der Waals surface area contributed by atoms with Gasteiger partial charge in [0.1, 0.15) is 29.7 Å². The fourth-order valence-corrected chi connectivity index (χ4v) is 3.37. The van der Waals surface area contributed by atoms with Crippen molar-refractivity contribution in [3.05, 3.63) is 60.9 Å². The molecular formula is C22H18F3N5O3. The van der Waals surface area contributed by atoms with Crippen LogP contribution in [0.3, 0.4) is 0 Å². The SMILES string of the molecule is COc1cc(-n2cnc3cc(-c4cncnc4)ccc32)cc(OC)c1C(=O)NC(F)C(F)F. The normalized spacial score (nSPS) is 12.1. The molecule has 0 aliphatic carbocycles. The van der Waals surface area contributed by atoms with Crippen LogP contribution in [0.4, 0.5) is 13.2 Å². The van der Waals surface area contributed by atoms with Crippen molar-refractivity contribution in [2.75, 3.05) is 14.2 Å². The summed E-state index contributed by atoms with van der Waals surface area (Å²) in [6.07, 6.45) is 0.228. The zero-order valence-electron chi connectivity index (χ0n) is 17.5. The van der Waals surface area contributed by atoms with Crippen LogP contribution >= 0.6 is 0 Å². The average molecular weight is 457 g/mol. The van der Waals surface area contributed by atoms with Crippen molar-refractivity contribution in [1.82, 2.24) is 24.8 Å². The van der Waals surface area contributed by atoms with Crippen molar-refractivity contribution >= 4 is 16.9 Å². The van der Waals surface area contributed by atoms with Gasteiger partial charge in [-0.05, 0) is 17.7 Å². The number of imidazole rings is 1. The third-order valence-electron chi connectivity index (χ3n) is 4.93. The van der Waals surface area contributed by atoms with E-state index in [9.17, 15) is 18.0 Å². The number of amides is 1. The summed E-state index contributed by atoms with van der Waals surface area (Å²) >= 11 is 0. The first-order valence-electron chi connectivity index (χ1n) is 9.65. The molecule has 0 aliphatic rings. The Balaban J connectivity index is 1.75. The predicted octanol–water partition coefficient (Wildman–Crippen LogP) is 3.79. The Morgan fingerprint density at radius 3 is 2.27 bits per heavy atom. The van der Waals surface area contributed by atoms with Crippen LogP contribution in [0.2, 0.25) is 0 Å². The first kappa shape index (κ1) is 22.1. The van der Waals surface area contributed by atoms with E-state index in [1.807, 2.05) is 18.2 Å². The van der Waals surface area contributed by atoms with Crippen LogP contribution < -0.4 is 14.8 Å². The maximum atomic E-state index is 13.4. The smallest absolute Gasteiger partial charge is 0.287 e. The first-order valence-corrected chi connectivity index (χ1v) is 9.65. The molecule has 2 heterocycles. The highest BCUT2D eigenvalue weighted by Crippen LogP contribution is 2.34. The predicted molar refractivity (Wildman–Crippen MR) is 114 cm³/mol. The quantitative estimate of drug-likeness (QED) is 0.425. The van der Waals surface area contributed by atoms with Gasteiger partial charge in [0.15, 0.2) is 0 Å². The summed E-state index contributed by atoms with van der Waals surface area (Å²) in [7, 11) is 2.60. The fourth-order valence-electron chi connectivity index (χ4n) is 3.37. The zero-order chi connectivity index (χ0) is 23.5. The van der Waals surface area contributed by atoms with E-state index in [0.29, 0.717) is 11.2 Å². The molecule has 8 nitrogen and oxygen atoms in total.